The fourth-order valence-electron chi connectivity index (χ4n) is 2.18. The second kappa shape index (κ2) is 8.28. The number of carboxylic acids is 1. The molecule has 0 bridgehead atoms. The van der Waals surface area contributed by atoms with E-state index in [1.807, 2.05) is 18.4 Å². The van der Waals surface area contributed by atoms with Crippen LogP contribution in [0.1, 0.15) is 10.4 Å². The van der Waals surface area contributed by atoms with E-state index in [1.165, 1.54) is 11.3 Å². The highest BCUT2D eigenvalue weighted by molar-refractivity contribution is 8.03. The number of thiophene rings is 1. The van der Waals surface area contributed by atoms with E-state index in [0.717, 1.165) is 22.2 Å². The van der Waals surface area contributed by atoms with Crippen LogP contribution < -0.4 is 9.47 Å². The zero-order valence-corrected chi connectivity index (χ0v) is 16.4. The molecule has 140 valence electrons. The number of rotatable bonds is 7. The summed E-state index contributed by atoms with van der Waals surface area (Å²) in [5.74, 6) is 0.342. The van der Waals surface area contributed by atoms with E-state index in [1.54, 1.807) is 38.5 Å². The summed E-state index contributed by atoms with van der Waals surface area (Å²) in [6.07, 6.45) is 1.60. The van der Waals surface area contributed by atoms with Gasteiger partial charge in [-0.2, -0.15) is 0 Å². The normalized spacial score (nSPS) is 11.4. The standard InChI is InChI=1S/C18H16N2O5S2/c1-10-4-5-26-14(10)9-15(17(21)22)27-18-20-19-16(25-18)11-6-12(23-2)8-13(7-11)24-3/h4-9H,1-3H3,(H,21,22)/b15-9-. The van der Waals surface area contributed by atoms with Gasteiger partial charge in [0.1, 0.15) is 16.4 Å². The minimum Gasteiger partial charge on any atom is -0.497 e. The smallest absolute Gasteiger partial charge is 0.342 e. The molecule has 27 heavy (non-hydrogen) atoms. The van der Waals surface area contributed by atoms with Crippen molar-refractivity contribution < 1.29 is 23.8 Å². The third-order valence-electron chi connectivity index (χ3n) is 3.58. The second-order valence-corrected chi connectivity index (χ2v) is 7.30. The van der Waals surface area contributed by atoms with Gasteiger partial charge in [-0.15, -0.1) is 21.5 Å². The Morgan fingerprint density at radius 1 is 1.22 bits per heavy atom. The highest BCUT2D eigenvalue weighted by Crippen LogP contribution is 2.33. The molecule has 0 aliphatic heterocycles. The molecule has 0 spiro atoms. The Morgan fingerprint density at radius 3 is 2.48 bits per heavy atom. The van der Waals surface area contributed by atoms with Crippen molar-refractivity contribution in [2.24, 2.45) is 0 Å². The van der Waals surface area contributed by atoms with Gasteiger partial charge in [0, 0.05) is 16.5 Å². The summed E-state index contributed by atoms with van der Waals surface area (Å²) in [5, 5.41) is 19.5. The summed E-state index contributed by atoms with van der Waals surface area (Å²) in [7, 11) is 3.09. The number of carboxylic acid groups (broad SMARTS) is 1. The molecule has 0 amide bonds. The number of methoxy groups -OCH3 is 2. The van der Waals surface area contributed by atoms with Gasteiger partial charge in [0.2, 0.25) is 5.89 Å². The van der Waals surface area contributed by atoms with Gasteiger partial charge >= 0.3 is 5.97 Å². The molecule has 9 heteroatoms. The summed E-state index contributed by atoms with van der Waals surface area (Å²) in [6.45, 7) is 1.92. The van der Waals surface area contributed by atoms with Crippen molar-refractivity contribution in [3.8, 4) is 23.0 Å². The molecular formula is C18H16N2O5S2. The topological polar surface area (TPSA) is 94.7 Å². The zero-order valence-electron chi connectivity index (χ0n) is 14.8. The van der Waals surface area contributed by atoms with Crippen molar-refractivity contribution >= 4 is 35.1 Å². The predicted octanol–water partition coefficient (Wildman–Crippen LogP) is 4.34. The molecule has 1 N–H and O–H groups in total. The van der Waals surface area contributed by atoms with Crippen LogP contribution in [-0.4, -0.2) is 35.5 Å². The van der Waals surface area contributed by atoms with E-state index in [-0.39, 0.29) is 16.0 Å². The van der Waals surface area contributed by atoms with Crippen LogP contribution in [0.4, 0.5) is 0 Å². The fourth-order valence-corrected chi connectivity index (χ4v) is 3.77. The molecule has 0 aliphatic rings. The maximum Gasteiger partial charge on any atom is 0.342 e. The Morgan fingerprint density at radius 2 is 1.93 bits per heavy atom. The summed E-state index contributed by atoms with van der Waals surface area (Å²) in [6, 6.07) is 7.12. The first kappa shape index (κ1) is 19.0. The number of thioether (sulfide) groups is 1. The lowest BCUT2D eigenvalue weighted by Gasteiger charge is -2.05. The summed E-state index contributed by atoms with van der Waals surface area (Å²) < 4.78 is 16.1. The summed E-state index contributed by atoms with van der Waals surface area (Å²) in [4.78, 5) is 12.5. The first-order chi connectivity index (χ1) is 13.0. The van der Waals surface area contributed by atoms with Crippen molar-refractivity contribution in [3.05, 3.63) is 45.0 Å². The Bertz CT molecular complexity index is 971. The molecule has 7 nitrogen and oxygen atoms in total. The highest BCUT2D eigenvalue weighted by Gasteiger charge is 2.17. The van der Waals surface area contributed by atoms with Gasteiger partial charge in [-0.3, -0.25) is 0 Å². The average molecular weight is 404 g/mol. The van der Waals surface area contributed by atoms with Crippen LogP contribution in [0.25, 0.3) is 17.5 Å². The molecule has 0 atom stereocenters. The average Bonchev–Trinajstić information content (AvgIpc) is 3.30. The summed E-state index contributed by atoms with van der Waals surface area (Å²) >= 11 is 2.37. The van der Waals surface area contributed by atoms with Crippen LogP contribution in [0.5, 0.6) is 11.5 Å². The van der Waals surface area contributed by atoms with Crippen LogP contribution >= 0.6 is 23.1 Å². The molecule has 3 rings (SSSR count). The number of aromatic nitrogens is 2. The Kier molecular flexibility index (Phi) is 5.82. The highest BCUT2D eigenvalue weighted by atomic mass is 32.2. The monoisotopic (exact) mass is 404 g/mol. The Labute approximate surface area is 163 Å². The number of hydrogen-bond acceptors (Lipinski definition) is 8. The van der Waals surface area contributed by atoms with Gasteiger partial charge in [-0.25, -0.2) is 4.79 Å². The number of benzene rings is 1. The molecule has 0 saturated heterocycles. The van der Waals surface area contributed by atoms with E-state index in [0.29, 0.717) is 17.1 Å². The van der Waals surface area contributed by atoms with Crippen LogP contribution in [0.15, 0.2) is 44.2 Å². The lowest BCUT2D eigenvalue weighted by molar-refractivity contribution is -0.131. The van der Waals surface area contributed by atoms with Crippen molar-refractivity contribution in [1.82, 2.24) is 10.2 Å². The minimum absolute atomic E-state index is 0.0963. The number of ether oxygens (including phenoxy) is 2. The number of hydrogen-bond donors (Lipinski definition) is 1. The fraction of sp³-hybridized carbons (Fsp3) is 0.167. The van der Waals surface area contributed by atoms with Gasteiger partial charge in [0.05, 0.1) is 14.2 Å². The molecule has 1 aromatic carbocycles. The Balaban J connectivity index is 1.88. The molecule has 0 radical (unpaired) electrons. The molecule has 0 aliphatic carbocycles. The van der Waals surface area contributed by atoms with Crippen molar-refractivity contribution in [2.75, 3.05) is 14.2 Å². The maximum absolute atomic E-state index is 11.6. The molecule has 3 aromatic rings. The molecule has 0 saturated carbocycles. The van der Waals surface area contributed by atoms with Crippen molar-refractivity contribution in [2.45, 2.75) is 12.1 Å². The van der Waals surface area contributed by atoms with Gasteiger partial charge < -0.3 is 19.0 Å². The largest absolute Gasteiger partial charge is 0.497 e. The number of aliphatic carboxylic acids is 1. The van der Waals surface area contributed by atoms with Gasteiger partial charge in [-0.05, 0) is 53.9 Å². The van der Waals surface area contributed by atoms with Gasteiger partial charge in [0.25, 0.3) is 5.22 Å². The molecule has 2 heterocycles. The van der Waals surface area contributed by atoms with E-state index in [4.69, 9.17) is 13.9 Å². The number of nitrogens with zero attached hydrogens (tertiary/aromatic N) is 2. The first-order valence-electron chi connectivity index (χ1n) is 7.74. The first-order valence-corrected chi connectivity index (χ1v) is 9.43. The SMILES string of the molecule is COc1cc(OC)cc(-c2nnc(S/C(=C\c3sccc3C)C(=O)O)o2)c1. The lowest BCUT2D eigenvalue weighted by atomic mass is 10.2. The maximum atomic E-state index is 11.6. The second-order valence-electron chi connectivity index (χ2n) is 5.36. The van der Waals surface area contributed by atoms with E-state index in [2.05, 4.69) is 10.2 Å². The molecular weight excluding hydrogens is 388 g/mol. The molecule has 2 aromatic heterocycles. The van der Waals surface area contributed by atoms with Crippen LogP contribution in [-0.2, 0) is 4.79 Å². The van der Waals surface area contributed by atoms with Crippen molar-refractivity contribution in [1.29, 1.82) is 0 Å². The summed E-state index contributed by atoms with van der Waals surface area (Å²) in [5.41, 5.74) is 1.62. The van der Waals surface area contributed by atoms with Crippen molar-refractivity contribution in [3.63, 3.8) is 0 Å². The van der Waals surface area contributed by atoms with E-state index in [9.17, 15) is 9.90 Å². The predicted molar refractivity (Wildman–Crippen MR) is 103 cm³/mol. The van der Waals surface area contributed by atoms with Crippen LogP contribution in [0.2, 0.25) is 0 Å². The van der Waals surface area contributed by atoms with E-state index < -0.39 is 5.97 Å². The lowest BCUT2D eigenvalue weighted by Crippen LogP contribution is -1.96. The quantitative estimate of drug-likeness (QED) is 0.459. The van der Waals surface area contributed by atoms with Gasteiger partial charge in [-0.1, -0.05) is 0 Å². The molecule has 0 fully saturated rings. The minimum atomic E-state index is -1.06. The third kappa shape index (κ3) is 4.50. The molecule has 0 unspecified atom stereocenters. The van der Waals surface area contributed by atoms with Crippen LogP contribution in [0, 0.1) is 6.92 Å². The van der Waals surface area contributed by atoms with Gasteiger partial charge in [0.15, 0.2) is 0 Å². The van der Waals surface area contributed by atoms with Crippen LogP contribution in [0.3, 0.4) is 0 Å². The van der Waals surface area contributed by atoms with E-state index >= 15 is 0 Å². The number of carbonyl (C=O) groups is 1. The third-order valence-corrected chi connectivity index (χ3v) is 5.39. The zero-order chi connectivity index (χ0) is 19.4. The Hall–Kier alpha value is -2.78. The number of aryl methyl sites for hydroxylation is 1.